The summed E-state index contributed by atoms with van der Waals surface area (Å²) in [5.41, 5.74) is 0.445. The monoisotopic (exact) mass is 405 g/mol. The molecule has 9 heteroatoms. The molecule has 1 fully saturated rings. The highest BCUT2D eigenvalue weighted by Gasteiger charge is 2.27. The molecule has 0 aromatic heterocycles. The first-order valence-corrected chi connectivity index (χ1v) is 9.38. The molecule has 158 valence electrons. The Kier molecular flexibility index (Phi) is 8.65. The molecular formula is C19H27F4N3O2. The van der Waals surface area contributed by atoms with Crippen LogP contribution in [-0.4, -0.2) is 73.9 Å². The normalized spacial score (nSPS) is 17.5. The fourth-order valence-electron chi connectivity index (χ4n) is 3.09. The number of nitrogens with zero attached hydrogens (tertiary/aromatic N) is 2. The molecule has 1 aromatic rings. The molecule has 0 spiro atoms. The Bertz CT molecular complexity index is 619. The highest BCUT2D eigenvalue weighted by molar-refractivity contribution is 5.81. The molecule has 1 N–H and O–H groups in total. The van der Waals surface area contributed by atoms with Gasteiger partial charge in [0.1, 0.15) is 12.4 Å². The van der Waals surface area contributed by atoms with Crippen molar-refractivity contribution in [2.24, 2.45) is 0 Å². The molecule has 1 amide bonds. The predicted molar refractivity (Wildman–Crippen MR) is 97.2 cm³/mol. The van der Waals surface area contributed by atoms with Gasteiger partial charge in [0.25, 0.3) is 0 Å². The minimum absolute atomic E-state index is 0.0780. The summed E-state index contributed by atoms with van der Waals surface area (Å²) >= 11 is 0. The van der Waals surface area contributed by atoms with Crippen LogP contribution in [0.5, 0.6) is 0 Å². The van der Waals surface area contributed by atoms with Crippen LogP contribution < -0.4 is 5.32 Å². The molecule has 1 aromatic carbocycles. The summed E-state index contributed by atoms with van der Waals surface area (Å²) in [5, 5.41) is 2.77. The summed E-state index contributed by atoms with van der Waals surface area (Å²) in [6, 6.07) is 5.99. The number of amides is 1. The van der Waals surface area contributed by atoms with Crippen LogP contribution in [0.3, 0.4) is 0 Å². The van der Waals surface area contributed by atoms with Crippen molar-refractivity contribution in [2.75, 3.05) is 45.9 Å². The van der Waals surface area contributed by atoms with E-state index in [1.54, 1.807) is 18.2 Å². The molecular weight excluding hydrogens is 378 g/mol. The average molecular weight is 405 g/mol. The van der Waals surface area contributed by atoms with Crippen LogP contribution in [0.15, 0.2) is 24.3 Å². The molecule has 2 rings (SSSR count). The molecule has 0 radical (unpaired) electrons. The standard InChI is InChI=1S/C19H27F4N3O2/c1-15(18(27)24-13-16-5-2-3-6-17(16)20)26-10-8-25(9-11-26)7-4-12-28-14-19(21,22)23/h2-3,5-6,15H,4,7-14H2,1H3,(H,24,27). The van der Waals surface area contributed by atoms with E-state index in [1.807, 2.05) is 11.8 Å². The summed E-state index contributed by atoms with van der Waals surface area (Å²) < 4.78 is 54.2. The van der Waals surface area contributed by atoms with Gasteiger partial charge in [-0.3, -0.25) is 9.69 Å². The quantitative estimate of drug-likeness (QED) is 0.506. The van der Waals surface area contributed by atoms with Crippen LogP contribution in [-0.2, 0) is 16.1 Å². The maximum absolute atomic E-state index is 13.6. The number of alkyl halides is 3. The van der Waals surface area contributed by atoms with Gasteiger partial charge in [0.05, 0.1) is 6.04 Å². The average Bonchev–Trinajstić information content (AvgIpc) is 2.66. The highest BCUT2D eigenvalue weighted by atomic mass is 19.4. The van der Waals surface area contributed by atoms with E-state index in [2.05, 4.69) is 15.0 Å². The number of hydrogen-bond acceptors (Lipinski definition) is 4. The Morgan fingerprint density at radius 3 is 2.54 bits per heavy atom. The van der Waals surface area contributed by atoms with Gasteiger partial charge in [0.2, 0.25) is 5.91 Å². The van der Waals surface area contributed by atoms with Crippen molar-refractivity contribution in [3.63, 3.8) is 0 Å². The van der Waals surface area contributed by atoms with E-state index < -0.39 is 12.8 Å². The second kappa shape index (κ2) is 10.7. The molecule has 1 aliphatic heterocycles. The third-order valence-corrected chi connectivity index (χ3v) is 4.77. The van der Waals surface area contributed by atoms with Crippen molar-refractivity contribution in [3.8, 4) is 0 Å². The lowest BCUT2D eigenvalue weighted by Crippen LogP contribution is -2.53. The van der Waals surface area contributed by atoms with E-state index in [-0.39, 0.29) is 30.9 Å². The maximum Gasteiger partial charge on any atom is 0.411 e. The van der Waals surface area contributed by atoms with Crippen LogP contribution >= 0.6 is 0 Å². The van der Waals surface area contributed by atoms with Crippen LogP contribution in [0.1, 0.15) is 18.9 Å². The van der Waals surface area contributed by atoms with Crippen LogP contribution in [0.2, 0.25) is 0 Å². The van der Waals surface area contributed by atoms with E-state index in [1.165, 1.54) is 6.07 Å². The minimum Gasteiger partial charge on any atom is -0.372 e. The molecule has 1 aliphatic rings. The molecule has 1 saturated heterocycles. The number of piperazine rings is 1. The summed E-state index contributed by atoms with van der Waals surface area (Å²) in [7, 11) is 0. The van der Waals surface area contributed by atoms with Gasteiger partial charge in [0.15, 0.2) is 0 Å². The van der Waals surface area contributed by atoms with Gasteiger partial charge >= 0.3 is 6.18 Å². The van der Waals surface area contributed by atoms with Crippen molar-refractivity contribution in [3.05, 3.63) is 35.6 Å². The molecule has 1 atom stereocenters. The number of hydrogen-bond donors (Lipinski definition) is 1. The third kappa shape index (κ3) is 7.73. The van der Waals surface area contributed by atoms with Gasteiger partial charge in [-0.2, -0.15) is 13.2 Å². The third-order valence-electron chi connectivity index (χ3n) is 4.77. The second-order valence-corrected chi connectivity index (χ2v) is 6.88. The van der Waals surface area contributed by atoms with Crippen LogP contribution in [0, 0.1) is 5.82 Å². The summed E-state index contributed by atoms with van der Waals surface area (Å²) in [6.07, 6.45) is -3.75. The van der Waals surface area contributed by atoms with E-state index in [0.29, 0.717) is 31.6 Å². The van der Waals surface area contributed by atoms with Gasteiger partial charge in [-0.05, 0) is 19.4 Å². The van der Waals surface area contributed by atoms with Gasteiger partial charge in [0, 0.05) is 51.4 Å². The van der Waals surface area contributed by atoms with E-state index >= 15 is 0 Å². The zero-order chi connectivity index (χ0) is 20.6. The SMILES string of the molecule is CC(C(=O)NCc1ccccc1F)N1CCN(CCCOCC(F)(F)F)CC1. The summed E-state index contributed by atoms with van der Waals surface area (Å²) in [6.45, 7) is 4.36. The molecule has 1 heterocycles. The summed E-state index contributed by atoms with van der Waals surface area (Å²) in [5.74, 6) is -0.500. The minimum atomic E-state index is -4.28. The summed E-state index contributed by atoms with van der Waals surface area (Å²) in [4.78, 5) is 16.5. The molecule has 5 nitrogen and oxygen atoms in total. The lowest BCUT2D eigenvalue weighted by Gasteiger charge is -2.37. The number of halogens is 4. The van der Waals surface area contributed by atoms with Crippen molar-refractivity contribution >= 4 is 5.91 Å². The maximum atomic E-state index is 13.6. The van der Waals surface area contributed by atoms with Gasteiger partial charge in [-0.25, -0.2) is 4.39 Å². The molecule has 1 unspecified atom stereocenters. The molecule has 0 aliphatic carbocycles. The van der Waals surface area contributed by atoms with Crippen molar-refractivity contribution in [1.29, 1.82) is 0 Å². The van der Waals surface area contributed by atoms with Gasteiger partial charge in [-0.1, -0.05) is 18.2 Å². The number of rotatable bonds is 9. The Balaban J connectivity index is 1.63. The number of carbonyl (C=O) groups excluding carboxylic acids is 1. The Morgan fingerprint density at radius 2 is 1.89 bits per heavy atom. The largest absolute Gasteiger partial charge is 0.411 e. The highest BCUT2D eigenvalue weighted by Crippen LogP contribution is 2.14. The van der Waals surface area contributed by atoms with E-state index in [0.717, 1.165) is 13.1 Å². The van der Waals surface area contributed by atoms with Gasteiger partial charge < -0.3 is 15.0 Å². The lowest BCUT2D eigenvalue weighted by molar-refractivity contribution is -0.174. The van der Waals surface area contributed by atoms with Gasteiger partial charge in [-0.15, -0.1) is 0 Å². The predicted octanol–water partition coefficient (Wildman–Crippen LogP) is 2.42. The fourth-order valence-corrected chi connectivity index (χ4v) is 3.09. The number of benzene rings is 1. The van der Waals surface area contributed by atoms with Crippen molar-refractivity contribution < 1.29 is 27.1 Å². The number of nitrogens with one attached hydrogen (secondary N) is 1. The van der Waals surface area contributed by atoms with Crippen molar-refractivity contribution in [2.45, 2.75) is 32.1 Å². The first kappa shape index (κ1) is 22.6. The lowest BCUT2D eigenvalue weighted by atomic mass is 10.2. The molecule has 0 saturated carbocycles. The fraction of sp³-hybridized carbons (Fsp3) is 0.632. The zero-order valence-corrected chi connectivity index (χ0v) is 16.0. The topological polar surface area (TPSA) is 44.8 Å². The second-order valence-electron chi connectivity index (χ2n) is 6.88. The Hall–Kier alpha value is -1.71. The van der Waals surface area contributed by atoms with Crippen LogP contribution in [0.25, 0.3) is 0 Å². The van der Waals surface area contributed by atoms with E-state index in [9.17, 15) is 22.4 Å². The Morgan fingerprint density at radius 1 is 1.21 bits per heavy atom. The first-order chi connectivity index (χ1) is 13.3. The van der Waals surface area contributed by atoms with Crippen molar-refractivity contribution in [1.82, 2.24) is 15.1 Å². The number of carbonyl (C=O) groups is 1. The molecule has 0 bridgehead atoms. The molecule has 28 heavy (non-hydrogen) atoms. The number of ether oxygens (including phenoxy) is 1. The first-order valence-electron chi connectivity index (χ1n) is 9.38. The Labute approximate surface area is 162 Å². The van der Waals surface area contributed by atoms with E-state index in [4.69, 9.17) is 0 Å². The van der Waals surface area contributed by atoms with Crippen LogP contribution in [0.4, 0.5) is 17.6 Å². The zero-order valence-electron chi connectivity index (χ0n) is 16.0. The smallest absolute Gasteiger partial charge is 0.372 e.